The van der Waals surface area contributed by atoms with Gasteiger partial charge in [-0.05, 0) is 53.9 Å². The lowest BCUT2D eigenvalue weighted by Crippen LogP contribution is -2.35. The predicted octanol–water partition coefficient (Wildman–Crippen LogP) is 3.53. The number of nitrogens with one attached hydrogen (secondary N) is 2. The second kappa shape index (κ2) is 10.5. The van der Waals surface area contributed by atoms with Crippen molar-refractivity contribution in [1.29, 1.82) is 0 Å². The smallest absolute Gasteiger partial charge is 0.328 e. The van der Waals surface area contributed by atoms with E-state index in [1.54, 1.807) is 38.5 Å². The third-order valence-electron chi connectivity index (χ3n) is 5.71. The molecule has 0 radical (unpaired) electrons. The monoisotopic (exact) mass is 493 g/mol. The highest BCUT2D eigenvalue weighted by Crippen LogP contribution is 2.27. The van der Waals surface area contributed by atoms with Crippen LogP contribution >= 0.6 is 11.6 Å². The third kappa shape index (κ3) is 5.22. The van der Waals surface area contributed by atoms with Crippen molar-refractivity contribution in [1.82, 2.24) is 14.9 Å². The summed E-state index contributed by atoms with van der Waals surface area (Å²) in [7, 11) is 3.10. The fraction of sp³-hybridized carbons (Fsp3) is 0.192. The quantitative estimate of drug-likeness (QED) is 0.391. The molecule has 1 heterocycles. The van der Waals surface area contributed by atoms with E-state index in [0.29, 0.717) is 39.4 Å². The van der Waals surface area contributed by atoms with E-state index in [9.17, 15) is 14.4 Å². The number of hydrogen-bond donors (Lipinski definition) is 2. The molecular formula is C26H24ClN3O5. The van der Waals surface area contributed by atoms with Crippen molar-refractivity contribution in [2.24, 2.45) is 0 Å². The summed E-state index contributed by atoms with van der Waals surface area (Å²) in [6.07, 6.45) is 0.442. The first-order chi connectivity index (χ1) is 16.9. The van der Waals surface area contributed by atoms with E-state index in [-0.39, 0.29) is 19.0 Å². The Bertz CT molecular complexity index is 1510. The maximum atomic E-state index is 13.0. The van der Waals surface area contributed by atoms with Crippen molar-refractivity contribution in [3.05, 3.63) is 103 Å². The minimum atomic E-state index is -0.545. The number of methoxy groups -OCH3 is 2. The number of fused-ring (bicyclic) bond motifs is 1. The Kier molecular flexibility index (Phi) is 7.22. The second-order valence-electron chi connectivity index (χ2n) is 7.86. The lowest BCUT2D eigenvalue weighted by molar-refractivity contribution is 0.0951. The summed E-state index contributed by atoms with van der Waals surface area (Å²) in [6, 6.07) is 17.3. The molecule has 8 nitrogen and oxygen atoms in total. The SMILES string of the molecule is COc1ccc(CCn2c(=O)[nH]c3cc(C(=O)NCc4ccccc4Cl)ccc3c2=O)cc1OC. The standard InChI is InChI=1S/C26H24ClN3O5/c1-34-22-10-7-16(13-23(22)35-2)11-12-30-25(32)19-9-8-17(14-21(19)29-26(30)33)24(31)28-15-18-5-3-4-6-20(18)27/h3-10,13-14H,11-12,15H2,1-2H3,(H,28,31)(H,29,33). The molecule has 0 spiro atoms. The number of aryl methyl sites for hydroxylation is 1. The lowest BCUT2D eigenvalue weighted by Gasteiger charge is -2.11. The molecule has 35 heavy (non-hydrogen) atoms. The highest BCUT2D eigenvalue weighted by Gasteiger charge is 2.13. The summed E-state index contributed by atoms with van der Waals surface area (Å²) in [5.74, 6) is 0.832. The van der Waals surface area contributed by atoms with E-state index in [2.05, 4.69) is 10.3 Å². The lowest BCUT2D eigenvalue weighted by atomic mass is 10.1. The topological polar surface area (TPSA) is 102 Å². The van der Waals surface area contributed by atoms with Crippen molar-refractivity contribution >= 4 is 28.4 Å². The molecule has 1 aromatic heterocycles. The van der Waals surface area contributed by atoms with Crippen LogP contribution in [-0.4, -0.2) is 29.7 Å². The Balaban J connectivity index is 1.53. The van der Waals surface area contributed by atoms with Crippen molar-refractivity contribution in [2.75, 3.05) is 14.2 Å². The molecule has 0 saturated carbocycles. The van der Waals surface area contributed by atoms with Crippen molar-refractivity contribution < 1.29 is 14.3 Å². The van der Waals surface area contributed by atoms with Gasteiger partial charge in [0, 0.05) is 23.7 Å². The average Bonchev–Trinajstić information content (AvgIpc) is 2.87. The normalized spacial score (nSPS) is 10.8. The van der Waals surface area contributed by atoms with E-state index in [0.717, 1.165) is 15.7 Å². The number of hydrogen-bond acceptors (Lipinski definition) is 5. The molecule has 0 bridgehead atoms. The number of amides is 1. The van der Waals surface area contributed by atoms with Gasteiger partial charge in [-0.15, -0.1) is 0 Å². The van der Waals surface area contributed by atoms with E-state index >= 15 is 0 Å². The number of benzene rings is 3. The molecule has 0 unspecified atom stereocenters. The molecular weight excluding hydrogens is 470 g/mol. The molecule has 180 valence electrons. The van der Waals surface area contributed by atoms with Gasteiger partial charge in [-0.3, -0.25) is 14.2 Å². The minimum Gasteiger partial charge on any atom is -0.493 e. The molecule has 1 amide bonds. The first kappa shape index (κ1) is 24.1. The molecule has 9 heteroatoms. The summed E-state index contributed by atoms with van der Waals surface area (Å²) >= 11 is 6.14. The van der Waals surface area contributed by atoms with Crippen LogP contribution < -0.4 is 26.0 Å². The number of halogens is 1. The average molecular weight is 494 g/mol. The minimum absolute atomic E-state index is 0.180. The Morgan fingerprint density at radius 3 is 2.51 bits per heavy atom. The summed E-state index contributed by atoms with van der Waals surface area (Å²) in [5.41, 5.74) is 1.33. The van der Waals surface area contributed by atoms with E-state index in [1.807, 2.05) is 30.3 Å². The molecule has 0 aliphatic carbocycles. The zero-order valence-electron chi connectivity index (χ0n) is 19.3. The Hall–Kier alpha value is -4.04. The van der Waals surface area contributed by atoms with Crippen LogP contribution in [0.5, 0.6) is 11.5 Å². The summed E-state index contributed by atoms with van der Waals surface area (Å²) < 4.78 is 11.7. The van der Waals surface area contributed by atoms with Crippen LogP contribution in [0.1, 0.15) is 21.5 Å². The van der Waals surface area contributed by atoms with Crippen LogP contribution in [0.3, 0.4) is 0 Å². The maximum Gasteiger partial charge on any atom is 0.328 e. The van der Waals surface area contributed by atoms with Crippen LogP contribution in [0.25, 0.3) is 10.9 Å². The fourth-order valence-electron chi connectivity index (χ4n) is 3.80. The summed E-state index contributed by atoms with van der Waals surface area (Å²) in [6.45, 7) is 0.435. The first-order valence-electron chi connectivity index (χ1n) is 10.9. The molecule has 3 aromatic carbocycles. The highest BCUT2D eigenvalue weighted by molar-refractivity contribution is 6.31. The van der Waals surface area contributed by atoms with Gasteiger partial charge in [0.1, 0.15) is 0 Å². The van der Waals surface area contributed by atoms with Crippen LogP contribution in [0.15, 0.2) is 70.3 Å². The number of aromatic nitrogens is 2. The zero-order valence-corrected chi connectivity index (χ0v) is 20.0. The number of ether oxygens (including phenoxy) is 2. The molecule has 0 atom stereocenters. The van der Waals surface area contributed by atoms with Crippen molar-refractivity contribution in [3.63, 3.8) is 0 Å². The number of rotatable bonds is 8. The first-order valence-corrected chi connectivity index (χ1v) is 11.3. The molecule has 2 N–H and O–H groups in total. The predicted molar refractivity (Wildman–Crippen MR) is 135 cm³/mol. The largest absolute Gasteiger partial charge is 0.493 e. The Morgan fingerprint density at radius 2 is 1.77 bits per heavy atom. The maximum absolute atomic E-state index is 13.0. The number of carbonyl (C=O) groups is 1. The molecule has 0 saturated heterocycles. The van der Waals surface area contributed by atoms with Gasteiger partial charge in [0.15, 0.2) is 11.5 Å². The van der Waals surface area contributed by atoms with Gasteiger partial charge in [0.25, 0.3) is 11.5 Å². The molecule has 0 fully saturated rings. The summed E-state index contributed by atoms with van der Waals surface area (Å²) in [5, 5.41) is 3.68. The van der Waals surface area contributed by atoms with Crippen LogP contribution in [0.4, 0.5) is 0 Å². The number of H-pyrrole nitrogens is 1. The van der Waals surface area contributed by atoms with Crippen LogP contribution in [0.2, 0.25) is 5.02 Å². The van der Waals surface area contributed by atoms with Gasteiger partial charge in [-0.1, -0.05) is 35.9 Å². The van der Waals surface area contributed by atoms with Gasteiger partial charge >= 0.3 is 5.69 Å². The number of aromatic amines is 1. The fourth-order valence-corrected chi connectivity index (χ4v) is 4.00. The number of nitrogens with zero attached hydrogens (tertiary/aromatic N) is 1. The third-order valence-corrected chi connectivity index (χ3v) is 6.08. The molecule has 0 aliphatic rings. The molecule has 4 rings (SSSR count). The summed E-state index contributed by atoms with van der Waals surface area (Å²) in [4.78, 5) is 41.0. The van der Waals surface area contributed by atoms with Crippen molar-refractivity contribution in [2.45, 2.75) is 19.5 Å². The van der Waals surface area contributed by atoms with Gasteiger partial charge in [-0.2, -0.15) is 0 Å². The van der Waals surface area contributed by atoms with Gasteiger partial charge in [-0.25, -0.2) is 4.79 Å². The van der Waals surface area contributed by atoms with Crippen LogP contribution in [-0.2, 0) is 19.5 Å². The van der Waals surface area contributed by atoms with Crippen LogP contribution in [0, 0.1) is 0 Å². The zero-order chi connectivity index (χ0) is 24.9. The van der Waals surface area contributed by atoms with E-state index in [1.165, 1.54) is 6.07 Å². The van der Waals surface area contributed by atoms with E-state index in [4.69, 9.17) is 21.1 Å². The van der Waals surface area contributed by atoms with Gasteiger partial charge in [0.2, 0.25) is 0 Å². The Morgan fingerprint density at radius 1 is 1.00 bits per heavy atom. The van der Waals surface area contributed by atoms with E-state index < -0.39 is 11.2 Å². The van der Waals surface area contributed by atoms with Gasteiger partial charge < -0.3 is 19.8 Å². The van der Waals surface area contributed by atoms with Crippen molar-refractivity contribution in [3.8, 4) is 11.5 Å². The molecule has 4 aromatic rings. The second-order valence-corrected chi connectivity index (χ2v) is 8.27. The number of carbonyl (C=O) groups excluding carboxylic acids is 1. The highest BCUT2D eigenvalue weighted by atomic mass is 35.5. The Labute approximate surface area is 206 Å². The van der Waals surface area contributed by atoms with Gasteiger partial charge in [0.05, 0.1) is 25.1 Å². The molecule has 0 aliphatic heterocycles.